The van der Waals surface area contributed by atoms with E-state index < -0.39 is 0 Å². The summed E-state index contributed by atoms with van der Waals surface area (Å²) in [6.45, 7) is 7.11. The fourth-order valence-corrected chi connectivity index (χ4v) is 2.22. The maximum atomic E-state index is 11.8. The van der Waals surface area contributed by atoms with Gasteiger partial charge in [0.25, 0.3) is 0 Å². The number of hydrogen-bond donors (Lipinski definition) is 0. The van der Waals surface area contributed by atoms with Gasteiger partial charge in [-0.15, -0.1) is 0 Å². The van der Waals surface area contributed by atoms with Crippen molar-refractivity contribution in [2.75, 3.05) is 13.2 Å². The van der Waals surface area contributed by atoms with Crippen molar-refractivity contribution < 1.29 is 19.0 Å². The predicted octanol–water partition coefficient (Wildman–Crippen LogP) is 3.60. The zero-order valence-electron chi connectivity index (χ0n) is 13.0. The molecule has 0 radical (unpaired) electrons. The standard InChI is InChI=1S/C16H28O4/c1-4-8-14(16(17)18-5-2)11-10-13(3)20-15-9-6-7-12-19-15/h11,13,15H,4-10,12H2,1-3H3/b14-11+. The molecule has 1 rings (SSSR count). The molecule has 0 aliphatic carbocycles. The monoisotopic (exact) mass is 284 g/mol. The Bertz CT molecular complexity index is 306. The predicted molar refractivity (Wildman–Crippen MR) is 78.4 cm³/mol. The van der Waals surface area contributed by atoms with Crippen molar-refractivity contribution in [3.8, 4) is 0 Å². The number of ether oxygens (including phenoxy) is 3. The second kappa shape index (κ2) is 9.94. The van der Waals surface area contributed by atoms with E-state index in [-0.39, 0.29) is 18.4 Å². The largest absolute Gasteiger partial charge is 0.463 e. The fraction of sp³-hybridized carbons (Fsp3) is 0.812. The molecule has 2 unspecified atom stereocenters. The van der Waals surface area contributed by atoms with Crippen molar-refractivity contribution in [1.82, 2.24) is 0 Å². The summed E-state index contributed by atoms with van der Waals surface area (Å²) in [6, 6.07) is 0. The number of hydrogen-bond acceptors (Lipinski definition) is 4. The van der Waals surface area contributed by atoms with E-state index in [1.54, 1.807) is 0 Å². The molecule has 0 amide bonds. The lowest BCUT2D eigenvalue weighted by molar-refractivity contribution is -0.183. The van der Waals surface area contributed by atoms with Crippen molar-refractivity contribution >= 4 is 5.97 Å². The van der Waals surface area contributed by atoms with Gasteiger partial charge in [0.1, 0.15) is 0 Å². The zero-order chi connectivity index (χ0) is 14.8. The lowest BCUT2D eigenvalue weighted by atomic mass is 10.1. The van der Waals surface area contributed by atoms with E-state index in [0.717, 1.165) is 44.3 Å². The average Bonchev–Trinajstić information content (AvgIpc) is 2.44. The van der Waals surface area contributed by atoms with Gasteiger partial charge >= 0.3 is 5.97 Å². The molecule has 0 aromatic rings. The quantitative estimate of drug-likeness (QED) is 0.504. The lowest BCUT2D eigenvalue weighted by Gasteiger charge is -2.25. The molecule has 0 aromatic heterocycles. The minimum absolute atomic E-state index is 0.0550. The van der Waals surface area contributed by atoms with Crippen LogP contribution < -0.4 is 0 Å². The van der Waals surface area contributed by atoms with Gasteiger partial charge in [0, 0.05) is 12.2 Å². The second-order valence-corrected chi connectivity index (χ2v) is 5.18. The van der Waals surface area contributed by atoms with Gasteiger partial charge in [-0.3, -0.25) is 0 Å². The molecule has 4 heteroatoms. The Morgan fingerprint density at radius 2 is 2.20 bits per heavy atom. The van der Waals surface area contributed by atoms with E-state index in [2.05, 4.69) is 6.92 Å². The van der Waals surface area contributed by atoms with Crippen molar-refractivity contribution in [3.63, 3.8) is 0 Å². The van der Waals surface area contributed by atoms with Crippen LogP contribution >= 0.6 is 0 Å². The van der Waals surface area contributed by atoms with Gasteiger partial charge in [0.2, 0.25) is 0 Å². The molecule has 20 heavy (non-hydrogen) atoms. The van der Waals surface area contributed by atoms with E-state index in [9.17, 15) is 4.79 Å². The first-order valence-electron chi connectivity index (χ1n) is 7.80. The van der Waals surface area contributed by atoms with Crippen molar-refractivity contribution in [3.05, 3.63) is 11.6 Å². The van der Waals surface area contributed by atoms with E-state index in [1.807, 2.05) is 19.9 Å². The molecule has 0 spiro atoms. The normalized spacial score (nSPS) is 21.6. The van der Waals surface area contributed by atoms with Gasteiger partial charge in [0.15, 0.2) is 6.29 Å². The molecule has 1 aliphatic heterocycles. The number of rotatable bonds is 8. The van der Waals surface area contributed by atoms with Gasteiger partial charge in [-0.2, -0.15) is 0 Å². The van der Waals surface area contributed by atoms with Crippen LogP contribution in [0.1, 0.15) is 59.3 Å². The zero-order valence-corrected chi connectivity index (χ0v) is 13.0. The molecule has 1 saturated heterocycles. The smallest absolute Gasteiger partial charge is 0.333 e. The number of carbonyl (C=O) groups is 1. The highest BCUT2D eigenvalue weighted by molar-refractivity contribution is 5.88. The molecule has 0 N–H and O–H groups in total. The van der Waals surface area contributed by atoms with Crippen LogP contribution in [0.3, 0.4) is 0 Å². The van der Waals surface area contributed by atoms with E-state index in [0.29, 0.717) is 13.0 Å². The topological polar surface area (TPSA) is 44.8 Å². The highest BCUT2D eigenvalue weighted by Crippen LogP contribution is 2.17. The van der Waals surface area contributed by atoms with Gasteiger partial charge in [-0.25, -0.2) is 4.79 Å². The summed E-state index contributed by atoms with van der Waals surface area (Å²) in [5.41, 5.74) is 0.759. The molecular weight excluding hydrogens is 256 g/mol. The van der Waals surface area contributed by atoms with Crippen molar-refractivity contribution in [2.24, 2.45) is 0 Å². The Hall–Kier alpha value is -0.870. The molecule has 2 atom stereocenters. The van der Waals surface area contributed by atoms with Crippen LogP contribution in [0.5, 0.6) is 0 Å². The number of carbonyl (C=O) groups excluding carboxylic acids is 1. The van der Waals surface area contributed by atoms with Crippen LogP contribution in [0.4, 0.5) is 0 Å². The van der Waals surface area contributed by atoms with E-state index in [4.69, 9.17) is 14.2 Å². The SMILES string of the molecule is CCC/C(=C\CC(C)OC1CCCCO1)C(=O)OCC. The van der Waals surface area contributed by atoms with Crippen LogP contribution in [-0.4, -0.2) is 31.6 Å². The first kappa shape index (κ1) is 17.2. The Labute approximate surface area is 122 Å². The summed E-state index contributed by atoms with van der Waals surface area (Å²) in [5, 5.41) is 0. The Balaban J connectivity index is 2.41. The molecule has 0 aromatic carbocycles. The molecule has 116 valence electrons. The maximum absolute atomic E-state index is 11.8. The first-order valence-corrected chi connectivity index (χ1v) is 7.80. The van der Waals surface area contributed by atoms with E-state index >= 15 is 0 Å². The van der Waals surface area contributed by atoms with Crippen LogP contribution in [-0.2, 0) is 19.0 Å². The minimum Gasteiger partial charge on any atom is -0.463 e. The van der Waals surface area contributed by atoms with Gasteiger partial charge < -0.3 is 14.2 Å². The summed E-state index contributed by atoms with van der Waals surface area (Å²) in [4.78, 5) is 11.8. The van der Waals surface area contributed by atoms with Crippen molar-refractivity contribution in [2.45, 2.75) is 71.7 Å². The van der Waals surface area contributed by atoms with Crippen LogP contribution in [0, 0.1) is 0 Å². The highest BCUT2D eigenvalue weighted by atomic mass is 16.7. The molecule has 4 nitrogen and oxygen atoms in total. The molecule has 1 heterocycles. The fourth-order valence-electron chi connectivity index (χ4n) is 2.22. The van der Waals surface area contributed by atoms with Gasteiger partial charge in [-0.05, 0) is 46.0 Å². The van der Waals surface area contributed by atoms with Crippen LogP contribution in [0.2, 0.25) is 0 Å². The third-order valence-corrected chi connectivity index (χ3v) is 3.28. The van der Waals surface area contributed by atoms with Gasteiger partial charge in [-0.1, -0.05) is 19.4 Å². The molecule has 0 bridgehead atoms. The highest BCUT2D eigenvalue weighted by Gasteiger charge is 2.17. The summed E-state index contributed by atoms with van der Waals surface area (Å²) in [6.07, 6.45) is 7.59. The van der Waals surface area contributed by atoms with E-state index in [1.165, 1.54) is 0 Å². The third kappa shape index (κ3) is 6.53. The summed E-state index contributed by atoms with van der Waals surface area (Å²) < 4.78 is 16.5. The molecule has 0 saturated carbocycles. The third-order valence-electron chi connectivity index (χ3n) is 3.28. The minimum atomic E-state index is -0.199. The summed E-state index contributed by atoms with van der Waals surface area (Å²) in [5.74, 6) is -0.199. The molecule has 1 fully saturated rings. The Morgan fingerprint density at radius 1 is 1.40 bits per heavy atom. The second-order valence-electron chi connectivity index (χ2n) is 5.18. The Kier molecular flexibility index (Phi) is 8.54. The van der Waals surface area contributed by atoms with Crippen molar-refractivity contribution in [1.29, 1.82) is 0 Å². The average molecular weight is 284 g/mol. The Morgan fingerprint density at radius 3 is 2.80 bits per heavy atom. The van der Waals surface area contributed by atoms with Crippen LogP contribution in [0.25, 0.3) is 0 Å². The first-order chi connectivity index (χ1) is 9.67. The lowest BCUT2D eigenvalue weighted by Crippen LogP contribution is -2.26. The maximum Gasteiger partial charge on any atom is 0.333 e. The molecule has 1 aliphatic rings. The number of esters is 1. The molecular formula is C16H28O4. The summed E-state index contributed by atoms with van der Waals surface area (Å²) in [7, 11) is 0. The van der Waals surface area contributed by atoms with Crippen LogP contribution in [0.15, 0.2) is 11.6 Å². The van der Waals surface area contributed by atoms with Gasteiger partial charge in [0.05, 0.1) is 12.7 Å². The summed E-state index contributed by atoms with van der Waals surface area (Å²) >= 11 is 0.